The van der Waals surface area contributed by atoms with Crippen LogP contribution in [0.25, 0.3) is 22.4 Å². The highest BCUT2D eigenvalue weighted by atomic mass is 35.5. The van der Waals surface area contributed by atoms with Crippen LogP contribution in [0.3, 0.4) is 0 Å². The average Bonchev–Trinajstić information content (AvgIpc) is 3.27. The minimum absolute atomic E-state index is 0.0408. The van der Waals surface area contributed by atoms with Crippen LogP contribution in [0.5, 0.6) is 0 Å². The monoisotopic (exact) mass is 543 g/mol. The number of fused-ring (bicyclic) bond motifs is 1. The largest absolute Gasteiger partial charge is 0.326 e. The molecular weight excluding hydrogens is 518 g/mol. The van der Waals surface area contributed by atoms with Crippen LogP contribution in [0.4, 0.5) is 5.69 Å². The molecular formula is C30H26ClN3O3S. The van der Waals surface area contributed by atoms with Crippen molar-refractivity contribution >= 4 is 44.1 Å². The number of anilines is 1. The minimum atomic E-state index is -3.26. The highest BCUT2D eigenvalue weighted by Gasteiger charge is 2.15. The van der Waals surface area contributed by atoms with Crippen molar-refractivity contribution in [3.8, 4) is 11.4 Å². The molecule has 0 aliphatic carbocycles. The Balaban J connectivity index is 1.34. The first-order chi connectivity index (χ1) is 18.3. The van der Waals surface area contributed by atoms with E-state index in [1.165, 1.54) is 0 Å². The molecule has 0 aliphatic rings. The molecule has 1 amide bonds. The fourth-order valence-electron chi connectivity index (χ4n) is 4.32. The first kappa shape index (κ1) is 25.7. The lowest BCUT2D eigenvalue weighted by Gasteiger charge is -2.11. The van der Waals surface area contributed by atoms with Crippen LogP contribution in [-0.2, 0) is 27.6 Å². The fourth-order valence-corrected chi connectivity index (χ4v) is 5.37. The lowest BCUT2D eigenvalue weighted by Crippen LogP contribution is -2.14. The number of hydrogen-bond acceptors (Lipinski definition) is 4. The van der Waals surface area contributed by atoms with Crippen molar-refractivity contribution in [3.63, 3.8) is 0 Å². The van der Waals surface area contributed by atoms with Crippen LogP contribution in [0.2, 0.25) is 5.02 Å². The average molecular weight is 544 g/mol. The summed E-state index contributed by atoms with van der Waals surface area (Å²) in [6.45, 7) is 2.25. The van der Waals surface area contributed by atoms with Crippen molar-refractivity contribution in [2.24, 2.45) is 0 Å². The molecule has 0 bridgehead atoms. The smallest absolute Gasteiger partial charge is 0.228 e. The molecule has 0 unspecified atom stereocenters. The molecule has 8 heteroatoms. The Morgan fingerprint density at radius 3 is 2.29 bits per heavy atom. The molecule has 0 atom stereocenters. The Labute approximate surface area is 226 Å². The van der Waals surface area contributed by atoms with Crippen LogP contribution in [0.15, 0.2) is 102 Å². The van der Waals surface area contributed by atoms with Crippen molar-refractivity contribution in [3.05, 3.63) is 113 Å². The van der Waals surface area contributed by atoms with Gasteiger partial charge in [-0.1, -0.05) is 61.0 Å². The second-order valence-corrected chi connectivity index (χ2v) is 11.7. The molecule has 0 radical (unpaired) electrons. The number of carbonyl (C=O) groups is 1. The molecule has 5 aromatic rings. The van der Waals surface area contributed by atoms with Gasteiger partial charge in [-0.05, 0) is 65.7 Å². The van der Waals surface area contributed by atoms with Crippen molar-refractivity contribution in [2.75, 3.05) is 11.1 Å². The van der Waals surface area contributed by atoms with E-state index in [4.69, 9.17) is 16.6 Å². The van der Waals surface area contributed by atoms with Crippen LogP contribution >= 0.6 is 11.6 Å². The SMILES string of the molecule is CCS(=O)(=O)c1ccc(CC(=O)Nc2ccc(-c3nc4ccc(Cl)cc4n3Cc3ccccc3)cc2)cc1. The van der Waals surface area contributed by atoms with Gasteiger partial charge in [-0.2, -0.15) is 0 Å². The summed E-state index contributed by atoms with van der Waals surface area (Å²) in [5.74, 6) is 0.667. The van der Waals surface area contributed by atoms with E-state index < -0.39 is 9.84 Å². The Kier molecular flexibility index (Phi) is 7.31. The molecule has 4 aromatic carbocycles. The molecule has 192 valence electrons. The van der Waals surface area contributed by atoms with E-state index in [0.29, 0.717) is 17.3 Å². The predicted octanol–water partition coefficient (Wildman–Crippen LogP) is 6.38. The molecule has 0 saturated heterocycles. The maximum Gasteiger partial charge on any atom is 0.228 e. The summed E-state index contributed by atoms with van der Waals surface area (Å²) in [6, 6.07) is 29.9. The fraction of sp³-hybridized carbons (Fsp3) is 0.133. The van der Waals surface area contributed by atoms with Crippen LogP contribution in [0.1, 0.15) is 18.1 Å². The van der Waals surface area contributed by atoms with Crippen molar-refractivity contribution in [1.29, 1.82) is 0 Å². The van der Waals surface area contributed by atoms with Crippen molar-refractivity contribution in [1.82, 2.24) is 9.55 Å². The van der Waals surface area contributed by atoms with Gasteiger partial charge < -0.3 is 9.88 Å². The highest BCUT2D eigenvalue weighted by Crippen LogP contribution is 2.29. The third-order valence-corrected chi connectivity index (χ3v) is 8.33. The molecule has 0 fully saturated rings. The Morgan fingerprint density at radius 1 is 0.895 bits per heavy atom. The quantitative estimate of drug-likeness (QED) is 0.246. The maximum absolute atomic E-state index is 12.6. The van der Waals surface area contributed by atoms with Gasteiger partial charge in [0, 0.05) is 22.8 Å². The van der Waals surface area contributed by atoms with Crippen molar-refractivity contribution < 1.29 is 13.2 Å². The van der Waals surface area contributed by atoms with Gasteiger partial charge in [0.05, 0.1) is 28.1 Å². The van der Waals surface area contributed by atoms with Gasteiger partial charge in [-0.15, -0.1) is 0 Å². The summed E-state index contributed by atoms with van der Waals surface area (Å²) < 4.78 is 26.1. The summed E-state index contributed by atoms with van der Waals surface area (Å²) in [5.41, 5.74) is 5.28. The number of benzene rings is 4. The minimum Gasteiger partial charge on any atom is -0.326 e. The van der Waals surface area contributed by atoms with Crippen LogP contribution < -0.4 is 5.32 Å². The topological polar surface area (TPSA) is 81.1 Å². The number of nitrogens with zero attached hydrogens (tertiary/aromatic N) is 2. The summed E-state index contributed by atoms with van der Waals surface area (Å²) in [5, 5.41) is 3.56. The zero-order valence-corrected chi connectivity index (χ0v) is 22.3. The first-order valence-corrected chi connectivity index (χ1v) is 14.3. The van der Waals surface area contributed by atoms with Gasteiger partial charge in [-0.25, -0.2) is 13.4 Å². The number of nitrogens with one attached hydrogen (secondary N) is 1. The van der Waals surface area contributed by atoms with Gasteiger partial charge in [0.25, 0.3) is 0 Å². The second-order valence-electron chi connectivity index (χ2n) is 8.99. The number of hydrogen-bond donors (Lipinski definition) is 1. The van der Waals surface area contributed by atoms with E-state index >= 15 is 0 Å². The van der Waals surface area contributed by atoms with E-state index in [9.17, 15) is 13.2 Å². The van der Waals surface area contributed by atoms with E-state index in [0.717, 1.165) is 33.5 Å². The summed E-state index contributed by atoms with van der Waals surface area (Å²) in [4.78, 5) is 17.8. The second kappa shape index (κ2) is 10.8. The summed E-state index contributed by atoms with van der Waals surface area (Å²) in [7, 11) is -3.26. The third-order valence-electron chi connectivity index (χ3n) is 6.35. The number of sulfone groups is 1. The lowest BCUT2D eigenvalue weighted by atomic mass is 10.1. The Hall–Kier alpha value is -3.94. The molecule has 1 heterocycles. The Morgan fingerprint density at radius 2 is 1.61 bits per heavy atom. The zero-order chi connectivity index (χ0) is 26.7. The van der Waals surface area contributed by atoms with E-state index in [2.05, 4.69) is 22.0 Å². The third kappa shape index (κ3) is 5.64. The normalized spacial score (nSPS) is 11.5. The number of aromatic nitrogens is 2. The number of imidazole rings is 1. The van der Waals surface area contributed by atoms with Gasteiger partial charge in [0.15, 0.2) is 9.84 Å². The molecule has 6 nitrogen and oxygen atoms in total. The van der Waals surface area contributed by atoms with Gasteiger partial charge in [0.1, 0.15) is 5.82 Å². The number of halogens is 1. The molecule has 0 saturated carbocycles. The molecule has 0 spiro atoms. The van der Waals surface area contributed by atoms with Gasteiger partial charge in [0.2, 0.25) is 5.91 Å². The first-order valence-electron chi connectivity index (χ1n) is 12.2. The molecule has 5 rings (SSSR count). The van der Waals surface area contributed by atoms with Gasteiger partial charge >= 0.3 is 0 Å². The van der Waals surface area contributed by atoms with Crippen LogP contribution in [0, 0.1) is 0 Å². The number of amides is 1. The Bertz CT molecular complexity index is 1700. The maximum atomic E-state index is 12.6. The highest BCUT2D eigenvalue weighted by molar-refractivity contribution is 7.91. The summed E-state index contributed by atoms with van der Waals surface area (Å²) >= 11 is 6.30. The predicted molar refractivity (Wildman–Crippen MR) is 152 cm³/mol. The standard InChI is InChI=1S/C30H26ClN3O3S/c1-2-38(36,37)26-15-8-21(9-16-26)18-29(35)32-25-13-10-23(11-14-25)30-33-27-17-12-24(31)19-28(27)34(30)20-22-6-4-3-5-7-22/h3-17,19H,2,18,20H2,1H3,(H,32,35). The van der Waals surface area contributed by atoms with E-state index in [1.54, 1.807) is 31.2 Å². The zero-order valence-electron chi connectivity index (χ0n) is 20.8. The van der Waals surface area contributed by atoms with Crippen LogP contribution in [-0.4, -0.2) is 29.6 Å². The van der Waals surface area contributed by atoms with Crippen molar-refractivity contribution in [2.45, 2.75) is 24.8 Å². The number of carbonyl (C=O) groups excluding carboxylic acids is 1. The molecule has 1 aromatic heterocycles. The number of rotatable bonds is 8. The van der Waals surface area contributed by atoms with Gasteiger partial charge in [-0.3, -0.25) is 4.79 Å². The molecule has 0 aliphatic heterocycles. The lowest BCUT2D eigenvalue weighted by molar-refractivity contribution is -0.115. The molecule has 1 N–H and O–H groups in total. The summed E-state index contributed by atoms with van der Waals surface area (Å²) in [6.07, 6.45) is 0.141. The van der Waals surface area contributed by atoms with E-state index in [1.807, 2.05) is 60.7 Å². The van der Waals surface area contributed by atoms with E-state index in [-0.39, 0.29) is 23.0 Å². The molecule has 38 heavy (non-hydrogen) atoms.